The zero-order chi connectivity index (χ0) is 15.2. The topological polar surface area (TPSA) is 46.9 Å². The van der Waals surface area contributed by atoms with Gasteiger partial charge in [0.05, 0.1) is 0 Å². The lowest BCUT2D eigenvalue weighted by Gasteiger charge is -2.42. The third-order valence-corrected chi connectivity index (χ3v) is 4.09. The Hall–Kier alpha value is -1.10. The van der Waals surface area contributed by atoms with Gasteiger partial charge in [-0.25, -0.2) is 0 Å². The molecular formula is C17H28N2O2. The number of phenolic OH excluding ortho intramolecular Hbond substituents is 1. The molecule has 1 fully saturated rings. The lowest BCUT2D eigenvalue weighted by molar-refractivity contribution is 0.0477. The van der Waals surface area contributed by atoms with Gasteiger partial charge in [0, 0.05) is 45.4 Å². The van der Waals surface area contributed by atoms with Crippen LogP contribution in [0.5, 0.6) is 5.75 Å². The number of aliphatic hydroxyl groups excluding tert-OH is 1. The molecule has 118 valence electrons. The third-order valence-electron chi connectivity index (χ3n) is 4.09. The molecule has 0 aliphatic carbocycles. The van der Waals surface area contributed by atoms with Gasteiger partial charge in [0.1, 0.15) is 5.75 Å². The molecule has 1 aromatic carbocycles. The maximum atomic E-state index is 9.35. The quantitative estimate of drug-likeness (QED) is 0.841. The fourth-order valence-corrected chi connectivity index (χ4v) is 3.09. The van der Waals surface area contributed by atoms with Crippen LogP contribution in [0.3, 0.4) is 0 Å². The van der Waals surface area contributed by atoms with Crippen LogP contribution >= 0.6 is 0 Å². The summed E-state index contributed by atoms with van der Waals surface area (Å²) in [4.78, 5) is 4.97. The molecule has 0 bridgehead atoms. The molecule has 1 atom stereocenters. The number of phenols is 1. The van der Waals surface area contributed by atoms with Crippen LogP contribution in [0.25, 0.3) is 0 Å². The molecule has 1 aromatic rings. The number of hydrogen-bond acceptors (Lipinski definition) is 4. The second-order valence-electron chi connectivity index (χ2n) is 6.46. The van der Waals surface area contributed by atoms with Crippen molar-refractivity contribution in [3.05, 3.63) is 29.8 Å². The highest BCUT2D eigenvalue weighted by Gasteiger charge is 2.26. The summed E-state index contributed by atoms with van der Waals surface area (Å²) in [6, 6.07) is 7.90. The maximum Gasteiger partial charge on any atom is 0.115 e. The maximum absolute atomic E-state index is 9.35. The van der Waals surface area contributed by atoms with E-state index in [0.29, 0.717) is 17.7 Å². The first-order valence-electron chi connectivity index (χ1n) is 7.93. The molecule has 1 aliphatic rings. The van der Waals surface area contributed by atoms with Gasteiger partial charge < -0.3 is 10.2 Å². The van der Waals surface area contributed by atoms with Crippen LogP contribution in [0.1, 0.15) is 25.8 Å². The highest BCUT2D eigenvalue weighted by atomic mass is 16.3. The molecule has 1 saturated heterocycles. The SMILES string of the molecule is CC(C)CN1CCN(Cc2ccc(O)cc2)C[C@H]1CCO. The van der Waals surface area contributed by atoms with Gasteiger partial charge in [0.2, 0.25) is 0 Å². The molecule has 0 spiro atoms. The van der Waals surface area contributed by atoms with E-state index >= 15 is 0 Å². The van der Waals surface area contributed by atoms with Crippen LogP contribution in [-0.2, 0) is 6.54 Å². The van der Waals surface area contributed by atoms with E-state index in [-0.39, 0.29) is 6.61 Å². The van der Waals surface area contributed by atoms with Gasteiger partial charge in [-0.1, -0.05) is 26.0 Å². The van der Waals surface area contributed by atoms with Crippen LogP contribution in [0.15, 0.2) is 24.3 Å². The molecule has 0 saturated carbocycles. The molecule has 21 heavy (non-hydrogen) atoms. The van der Waals surface area contributed by atoms with Crippen molar-refractivity contribution in [3.63, 3.8) is 0 Å². The largest absolute Gasteiger partial charge is 0.508 e. The Bertz CT molecular complexity index is 419. The molecular weight excluding hydrogens is 264 g/mol. The van der Waals surface area contributed by atoms with E-state index < -0.39 is 0 Å². The van der Waals surface area contributed by atoms with Gasteiger partial charge in [-0.05, 0) is 30.0 Å². The van der Waals surface area contributed by atoms with Crippen LogP contribution < -0.4 is 0 Å². The Kier molecular flexibility index (Phi) is 6.03. The van der Waals surface area contributed by atoms with Crippen LogP contribution in [0.2, 0.25) is 0 Å². The fraction of sp³-hybridized carbons (Fsp3) is 0.647. The molecule has 0 unspecified atom stereocenters. The minimum absolute atomic E-state index is 0.256. The highest BCUT2D eigenvalue weighted by Crippen LogP contribution is 2.18. The first kappa shape index (κ1) is 16.3. The average molecular weight is 292 g/mol. The number of benzene rings is 1. The second kappa shape index (κ2) is 7.78. The van der Waals surface area contributed by atoms with Crippen LogP contribution in [-0.4, -0.2) is 58.8 Å². The second-order valence-corrected chi connectivity index (χ2v) is 6.46. The standard InChI is InChI=1S/C17H28N2O2/c1-14(2)11-19-9-8-18(13-16(19)7-10-20)12-15-3-5-17(21)6-4-15/h3-6,14,16,20-21H,7-13H2,1-2H3/t16-/m1/s1. The summed E-state index contributed by atoms with van der Waals surface area (Å²) in [7, 11) is 0. The van der Waals surface area contributed by atoms with Gasteiger partial charge >= 0.3 is 0 Å². The Labute approximate surface area is 128 Å². The van der Waals surface area contributed by atoms with E-state index in [9.17, 15) is 10.2 Å². The Morgan fingerprint density at radius 1 is 1.19 bits per heavy atom. The molecule has 0 radical (unpaired) electrons. The molecule has 4 heteroatoms. The average Bonchev–Trinajstić information content (AvgIpc) is 2.44. The van der Waals surface area contributed by atoms with E-state index in [1.807, 2.05) is 12.1 Å². The van der Waals surface area contributed by atoms with Crippen molar-refractivity contribution in [3.8, 4) is 5.75 Å². The Morgan fingerprint density at radius 2 is 1.90 bits per heavy atom. The number of aromatic hydroxyl groups is 1. The molecule has 1 aliphatic heterocycles. The van der Waals surface area contributed by atoms with Gasteiger partial charge in [-0.3, -0.25) is 9.80 Å². The highest BCUT2D eigenvalue weighted by molar-refractivity contribution is 5.25. The zero-order valence-corrected chi connectivity index (χ0v) is 13.2. The van der Waals surface area contributed by atoms with Gasteiger partial charge in [-0.15, -0.1) is 0 Å². The lowest BCUT2D eigenvalue weighted by atomic mass is 10.1. The van der Waals surface area contributed by atoms with E-state index in [1.165, 1.54) is 5.56 Å². The van der Waals surface area contributed by atoms with Crippen molar-refractivity contribution in [1.29, 1.82) is 0 Å². The van der Waals surface area contributed by atoms with Crippen molar-refractivity contribution >= 4 is 0 Å². The number of piperazine rings is 1. The minimum atomic E-state index is 0.256. The molecule has 2 N–H and O–H groups in total. The monoisotopic (exact) mass is 292 g/mol. The summed E-state index contributed by atoms with van der Waals surface area (Å²) in [6.45, 7) is 9.92. The third kappa shape index (κ3) is 4.99. The Morgan fingerprint density at radius 3 is 2.52 bits per heavy atom. The van der Waals surface area contributed by atoms with Crippen LogP contribution in [0.4, 0.5) is 0 Å². The first-order valence-corrected chi connectivity index (χ1v) is 7.93. The van der Waals surface area contributed by atoms with Crippen molar-refractivity contribution in [2.45, 2.75) is 32.9 Å². The molecule has 4 nitrogen and oxygen atoms in total. The van der Waals surface area contributed by atoms with Crippen molar-refractivity contribution in [2.24, 2.45) is 5.92 Å². The Balaban J connectivity index is 1.93. The van der Waals surface area contributed by atoms with Crippen molar-refractivity contribution in [1.82, 2.24) is 9.80 Å². The first-order chi connectivity index (χ1) is 10.1. The van der Waals surface area contributed by atoms with E-state index in [0.717, 1.165) is 39.1 Å². The van der Waals surface area contributed by atoms with Gasteiger partial charge in [0.15, 0.2) is 0 Å². The van der Waals surface area contributed by atoms with Gasteiger partial charge in [0.25, 0.3) is 0 Å². The van der Waals surface area contributed by atoms with Crippen molar-refractivity contribution in [2.75, 3.05) is 32.8 Å². The molecule has 0 aromatic heterocycles. The molecule has 1 heterocycles. The number of nitrogens with zero attached hydrogens (tertiary/aromatic N) is 2. The number of aliphatic hydroxyl groups is 1. The molecule has 2 rings (SSSR count). The van der Waals surface area contributed by atoms with Crippen molar-refractivity contribution < 1.29 is 10.2 Å². The summed E-state index contributed by atoms with van der Waals surface area (Å²) in [5.74, 6) is 0.980. The van der Waals surface area contributed by atoms with E-state index in [4.69, 9.17) is 0 Å². The lowest BCUT2D eigenvalue weighted by Crippen LogP contribution is -2.53. The number of rotatable bonds is 6. The predicted octanol–water partition coefficient (Wildman–Crippen LogP) is 1.92. The summed E-state index contributed by atoms with van der Waals surface area (Å²) in [5, 5.41) is 18.6. The van der Waals surface area contributed by atoms with E-state index in [1.54, 1.807) is 12.1 Å². The summed E-state index contributed by atoms with van der Waals surface area (Å²) < 4.78 is 0. The normalized spacial score (nSPS) is 21.0. The van der Waals surface area contributed by atoms with Gasteiger partial charge in [-0.2, -0.15) is 0 Å². The molecule has 0 amide bonds. The summed E-state index contributed by atoms with van der Waals surface area (Å²) >= 11 is 0. The smallest absolute Gasteiger partial charge is 0.115 e. The summed E-state index contributed by atoms with van der Waals surface area (Å²) in [6.07, 6.45) is 0.846. The van der Waals surface area contributed by atoms with E-state index in [2.05, 4.69) is 23.6 Å². The predicted molar refractivity (Wildman–Crippen MR) is 85.3 cm³/mol. The fourth-order valence-electron chi connectivity index (χ4n) is 3.09. The summed E-state index contributed by atoms with van der Waals surface area (Å²) in [5.41, 5.74) is 1.23. The zero-order valence-electron chi connectivity index (χ0n) is 13.2. The number of hydrogen-bond donors (Lipinski definition) is 2. The minimum Gasteiger partial charge on any atom is -0.508 e. The van der Waals surface area contributed by atoms with Crippen LogP contribution in [0, 0.1) is 5.92 Å².